The second-order valence-corrected chi connectivity index (χ2v) is 3.62. The Labute approximate surface area is 70.8 Å². The summed E-state index contributed by atoms with van der Waals surface area (Å²) in [5, 5.41) is 0. The topological polar surface area (TPSA) is 3.24 Å². The van der Waals surface area contributed by atoms with Crippen molar-refractivity contribution >= 4 is 0 Å². The van der Waals surface area contributed by atoms with E-state index in [9.17, 15) is 0 Å². The third kappa shape index (κ3) is 4.86. The number of terminal acetylenes is 1. The summed E-state index contributed by atoms with van der Waals surface area (Å²) in [6, 6.07) is 0. The van der Waals surface area contributed by atoms with E-state index >= 15 is 0 Å². The maximum atomic E-state index is 5.19. The third-order valence-electron chi connectivity index (χ3n) is 2.10. The second-order valence-electron chi connectivity index (χ2n) is 3.62. The molecule has 0 saturated carbocycles. The Morgan fingerprint density at radius 1 is 1.36 bits per heavy atom. The number of hydrogen-bond donors (Lipinski definition) is 0. The number of nitrogens with zero attached hydrogens (tertiary/aromatic N) is 1. The Morgan fingerprint density at radius 3 is 2.27 bits per heavy atom. The molecule has 0 heterocycles. The van der Waals surface area contributed by atoms with Gasteiger partial charge in [0.05, 0.1) is 6.54 Å². The van der Waals surface area contributed by atoms with Gasteiger partial charge in [-0.3, -0.25) is 4.90 Å². The summed E-state index contributed by atoms with van der Waals surface area (Å²) in [6.07, 6.45) is 5.19. The van der Waals surface area contributed by atoms with Crippen LogP contribution in [0.3, 0.4) is 0 Å². The van der Waals surface area contributed by atoms with Crippen LogP contribution in [0.1, 0.15) is 20.8 Å². The van der Waals surface area contributed by atoms with Crippen LogP contribution in [-0.4, -0.2) is 25.0 Å². The van der Waals surface area contributed by atoms with Gasteiger partial charge in [-0.2, -0.15) is 0 Å². The smallest absolute Gasteiger partial charge is 0.0596 e. The predicted octanol–water partition coefficient (Wildman–Crippen LogP) is 1.84. The highest BCUT2D eigenvalue weighted by Crippen LogP contribution is 2.09. The normalized spacial score (nSPS) is 13.5. The van der Waals surface area contributed by atoms with Crippen LogP contribution in [0.25, 0.3) is 0 Å². The summed E-state index contributed by atoms with van der Waals surface area (Å²) in [5.41, 5.74) is 0. The van der Waals surface area contributed by atoms with Gasteiger partial charge in [0.25, 0.3) is 0 Å². The second kappa shape index (κ2) is 5.21. The van der Waals surface area contributed by atoms with E-state index in [0.29, 0.717) is 0 Å². The molecule has 0 N–H and O–H groups in total. The molecule has 64 valence electrons. The lowest BCUT2D eigenvalue weighted by Gasteiger charge is -2.21. The lowest BCUT2D eigenvalue weighted by Crippen LogP contribution is -2.27. The van der Waals surface area contributed by atoms with Gasteiger partial charge in [-0.05, 0) is 18.9 Å². The van der Waals surface area contributed by atoms with Gasteiger partial charge in [0.1, 0.15) is 0 Å². The Balaban J connectivity index is 3.58. The van der Waals surface area contributed by atoms with Crippen LogP contribution in [0, 0.1) is 24.2 Å². The van der Waals surface area contributed by atoms with Crippen molar-refractivity contribution in [1.29, 1.82) is 0 Å². The first-order valence-corrected chi connectivity index (χ1v) is 4.20. The van der Waals surface area contributed by atoms with E-state index in [2.05, 4.69) is 38.6 Å². The van der Waals surface area contributed by atoms with Gasteiger partial charge in [0.15, 0.2) is 0 Å². The number of rotatable bonds is 4. The minimum Gasteiger partial charge on any atom is -0.295 e. The molecule has 0 spiro atoms. The predicted molar refractivity (Wildman–Crippen MR) is 50.3 cm³/mol. The molecular formula is C10H19N. The molecule has 0 fully saturated rings. The quantitative estimate of drug-likeness (QED) is 0.557. The van der Waals surface area contributed by atoms with Crippen LogP contribution in [0.2, 0.25) is 0 Å². The summed E-state index contributed by atoms with van der Waals surface area (Å²) in [4.78, 5) is 2.19. The summed E-state index contributed by atoms with van der Waals surface area (Å²) >= 11 is 0. The van der Waals surface area contributed by atoms with Crippen molar-refractivity contribution in [3.63, 3.8) is 0 Å². The Bertz CT molecular complexity index is 132. The molecule has 0 aromatic heterocycles. The fourth-order valence-electron chi connectivity index (χ4n) is 0.923. The molecule has 0 aliphatic rings. The molecule has 0 saturated heterocycles. The van der Waals surface area contributed by atoms with Crippen molar-refractivity contribution in [2.24, 2.45) is 11.8 Å². The largest absolute Gasteiger partial charge is 0.295 e. The molecule has 1 heteroatoms. The summed E-state index contributed by atoms with van der Waals surface area (Å²) in [6.45, 7) is 8.61. The first kappa shape index (κ1) is 10.5. The highest BCUT2D eigenvalue weighted by atomic mass is 15.1. The average Bonchev–Trinajstić information content (AvgIpc) is 1.87. The van der Waals surface area contributed by atoms with Crippen LogP contribution >= 0.6 is 0 Å². The highest BCUT2D eigenvalue weighted by molar-refractivity contribution is 4.87. The molecule has 0 radical (unpaired) electrons. The van der Waals surface area contributed by atoms with Gasteiger partial charge in [-0.15, -0.1) is 6.42 Å². The van der Waals surface area contributed by atoms with E-state index in [1.807, 2.05) is 0 Å². The zero-order valence-corrected chi connectivity index (χ0v) is 8.09. The number of hydrogen-bond acceptors (Lipinski definition) is 1. The molecule has 0 aromatic carbocycles. The van der Waals surface area contributed by atoms with Crippen molar-refractivity contribution in [2.75, 3.05) is 20.1 Å². The van der Waals surface area contributed by atoms with Crippen LogP contribution in [0.4, 0.5) is 0 Å². The molecule has 1 nitrogen and oxygen atoms in total. The van der Waals surface area contributed by atoms with E-state index in [1.54, 1.807) is 0 Å². The van der Waals surface area contributed by atoms with E-state index in [-0.39, 0.29) is 0 Å². The first-order valence-electron chi connectivity index (χ1n) is 4.20. The zero-order chi connectivity index (χ0) is 8.85. The van der Waals surface area contributed by atoms with Crippen molar-refractivity contribution in [3.05, 3.63) is 0 Å². The Morgan fingerprint density at radius 2 is 1.91 bits per heavy atom. The van der Waals surface area contributed by atoms with Gasteiger partial charge in [0, 0.05) is 6.54 Å². The minimum absolute atomic E-state index is 0.730. The molecule has 0 rings (SSSR count). The van der Waals surface area contributed by atoms with Crippen LogP contribution in [0.15, 0.2) is 0 Å². The molecule has 0 aliphatic carbocycles. The summed E-state index contributed by atoms with van der Waals surface area (Å²) in [5.74, 6) is 4.11. The van der Waals surface area contributed by atoms with Crippen LogP contribution in [0.5, 0.6) is 0 Å². The van der Waals surface area contributed by atoms with Crippen molar-refractivity contribution in [2.45, 2.75) is 20.8 Å². The molecular weight excluding hydrogens is 134 g/mol. The Kier molecular flexibility index (Phi) is 4.98. The van der Waals surface area contributed by atoms with Crippen molar-refractivity contribution < 1.29 is 0 Å². The average molecular weight is 153 g/mol. The molecule has 1 atom stereocenters. The van der Waals surface area contributed by atoms with E-state index in [4.69, 9.17) is 6.42 Å². The lowest BCUT2D eigenvalue weighted by molar-refractivity contribution is 0.271. The molecule has 0 bridgehead atoms. The molecule has 0 aliphatic heterocycles. The zero-order valence-electron chi connectivity index (χ0n) is 8.09. The van der Waals surface area contributed by atoms with Gasteiger partial charge < -0.3 is 0 Å². The summed E-state index contributed by atoms with van der Waals surface area (Å²) in [7, 11) is 2.07. The van der Waals surface area contributed by atoms with Crippen molar-refractivity contribution in [1.82, 2.24) is 4.90 Å². The van der Waals surface area contributed by atoms with Gasteiger partial charge in [-0.25, -0.2) is 0 Å². The highest BCUT2D eigenvalue weighted by Gasteiger charge is 2.08. The minimum atomic E-state index is 0.730. The fourth-order valence-corrected chi connectivity index (χ4v) is 0.923. The third-order valence-corrected chi connectivity index (χ3v) is 2.10. The van der Waals surface area contributed by atoms with E-state index < -0.39 is 0 Å². The fraction of sp³-hybridized carbons (Fsp3) is 0.800. The molecule has 11 heavy (non-hydrogen) atoms. The standard InChI is InChI=1S/C10H19N/c1-6-7-11(5)8-10(4)9(2)3/h1,9-10H,7-8H2,2-5H3. The molecule has 0 aromatic rings. The molecule has 0 amide bonds. The van der Waals surface area contributed by atoms with Gasteiger partial charge in [0.2, 0.25) is 0 Å². The first-order chi connectivity index (χ1) is 5.07. The maximum absolute atomic E-state index is 5.19. The monoisotopic (exact) mass is 153 g/mol. The van der Waals surface area contributed by atoms with Crippen molar-refractivity contribution in [3.8, 4) is 12.3 Å². The lowest BCUT2D eigenvalue weighted by atomic mass is 9.98. The van der Waals surface area contributed by atoms with Gasteiger partial charge in [-0.1, -0.05) is 26.7 Å². The van der Waals surface area contributed by atoms with Crippen LogP contribution in [-0.2, 0) is 0 Å². The maximum Gasteiger partial charge on any atom is 0.0596 e. The van der Waals surface area contributed by atoms with E-state index in [0.717, 1.165) is 24.9 Å². The SMILES string of the molecule is C#CCN(C)CC(C)C(C)C. The Hall–Kier alpha value is -0.480. The van der Waals surface area contributed by atoms with E-state index in [1.165, 1.54) is 0 Å². The molecule has 1 unspecified atom stereocenters. The van der Waals surface area contributed by atoms with Gasteiger partial charge >= 0.3 is 0 Å². The summed E-state index contributed by atoms with van der Waals surface area (Å²) < 4.78 is 0. The van der Waals surface area contributed by atoms with Crippen LogP contribution < -0.4 is 0 Å².